The van der Waals surface area contributed by atoms with Crippen LogP contribution in [0.4, 0.5) is 5.69 Å². The molecule has 1 aliphatic carbocycles. The van der Waals surface area contributed by atoms with Crippen LogP contribution in [0.25, 0.3) is 0 Å². The van der Waals surface area contributed by atoms with Crippen molar-refractivity contribution in [3.8, 4) is 0 Å². The molecule has 0 saturated heterocycles. The molecule has 1 aromatic heterocycles. The average Bonchev–Trinajstić information content (AvgIpc) is 2.39. The summed E-state index contributed by atoms with van der Waals surface area (Å²) in [5.41, 5.74) is 0.726. The fraction of sp³-hybridized carbons (Fsp3) is 0.615. The normalized spacial score (nSPS) is 24.6. The van der Waals surface area contributed by atoms with E-state index < -0.39 is 0 Å². The topological polar surface area (TPSA) is 43.3 Å². The van der Waals surface area contributed by atoms with E-state index in [1.165, 1.54) is 0 Å². The van der Waals surface area contributed by atoms with Crippen molar-refractivity contribution in [1.29, 1.82) is 0 Å². The molecule has 0 spiro atoms. The van der Waals surface area contributed by atoms with Crippen LogP contribution in [-0.4, -0.2) is 24.8 Å². The summed E-state index contributed by atoms with van der Waals surface area (Å²) in [5, 5.41) is 2.94. The van der Waals surface area contributed by atoms with Crippen molar-refractivity contribution < 1.29 is 4.74 Å². The van der Waals surface area contributed by atoms with Gasteiger partial charge in [-0.25, -0.2) is 0 Å². The molecule has 4 nitrogen and oxygen atoms in total. The lowest BCUT2D eigenvalue weighted by Gasteiger charge is -2.29. The van der Waals surface area contributed by atoms with Crippen LogP contribution in [-0.2, 0) is 4.74 Å². The second kappa shape index (κ2) is 5.36. The number of aromatic nitrogens is 1. The molecule has 0 radical (unpaired) electrons. The Kier molecular flexibility index (Phi) is 3.84. The van der Waals surface area contributed by atoms with E-state index in [1.54, 1.807) is 14.2 Å². The Bertz CT molecular complexity index is 428. The molecule has 1 aromatic rings. The quantitative estimate of drug-likeness (QED) is 0.873. The Labute approximate surface area is 102 Å². The van der Waals surface area contributed by atoms with Crippen molar-refractivity contribution in [2.24, 2.45) is 0 Å². The standard InChI is InChI=1S/C13H20N2O2/c1-14-12-7-4-8-15(13(12)16)10-5-3-6-11(9-10)17-2/h4,7-8,10-11,14H,3,5-6,9H2,1-2H3/t10-,11-/m1/s1. The smallest absolute Gasteiger partial charge is 0.274 e. The Hall–Kier alpha value is -1.29. The van der Waals surface area contributed by atoms with Crippen LogP contribution < -0.4 is 10.9 Å². The first-order chi connectivity index (χ1) is 8.26. The van der Waals surface area contributed by atoms with Gasteiger partial charge in [-0.15, -0.1) is 0 Å². The van der Waals surface area contributed by atoms with Gasteiger partial charge in [0.15, 0.2) is 0 Å². The van der Waals surface area contributed by atoms with Crippen LogP contribution >= 0.6 is 0 Å². The number of methoxy groups -OCH3 is 1. The van der Waals surface area contributed by atoms with Crippen LogP contribution in [0, 0.1) is 0 Å². The third-order valence-electron chi connectivity index (χ3n) is 3.57. The SMILES string of the molecule is CNc1cccn([C@@H]2CCC[C@@H](OC)C2)c1=O. The lowest BCUT2D eigenvalue weighted by atomic mass is 9.92. The maximum Gasteiger partial charge on any atom is 0.274 e. The highest BCUT2D eigenvalue weighted by Gasteiger charge is 2.23. The summed E-state index contributed by atoms with van der Waals surface area (Å²) in [7, 11) is 3.53. The van der Waals surface area contributed by atoms with E-state index in [1.807, 2.05) is 22.9 Å². The van der Waals surface area contributed by atoms with Gasteiger partial charge in [-0.05, 0) is 37.8 Å². The molecule has 1 N–H and O–H groups in total. The molecule has 17 heavy (non-hydrogen) atoms. The Morgan fingerprint density at radius 2 is 2.29 bits per heavy atom. The minimum absolute atomic E-state index is 0.0664. The summed E-state index contributed by atoms with van der Waals surface area (Å²) in [5.74, 6) is 0. The first-order valence-electron chi connectivity index (χ1n) is 6.18. The zero-order valence-corrected chi connectivity index (χ0v) is 10.5. The van der Waals surface area contributed by atoms with Gasteiger partial charge in [-0.3, -0.25) is 4.79 Å². The Morgan fingerprint density at radius 3 is 3.00 bits per heavy atom. The van der Waals surface area contributed by atoms with E-state index in [4.69, 9.17) is 4.74 Å². The van der Waals surface area contributed by atoms with Gasteiger partial charge in [-0.1, -0.05) is 0 Å². The molecule has 94 valence electrons. The third-order valence-corrected chi connectivity index (χ3v) is 3.57. The van der Waals surface area contributed by atoms with Crippen molar-refractivity contribution in [1.82, 2.24) is 4.57 Å². The highest BCUT2D eigenvalue weighted by atomic mass is 16.5. The summed E-state index contributed by atoms with van der Waals surface area (Å²) < 4.78 is 7.25. The van der Waals surface area contributed by atoms with Crippen molar-refractivity contribution in [3.05, 3.63) is 28.7 Å². The molecule has 1 fully saturated rings. The molecule has 2 atom stereocenters. The van der Waals surface area contributed by atoms with Gasteiger partial charge in [0.2, 0.25) is 0 Å². The molecule has 1 heterocycles. The number of hydrogen-bond donors (Lipinski definition) is 1. The predicted octanol–water partition coefficient (Wildman–Crippen LogP) is 2.02. The zero-order chi connectivity index (χ0) is 12.3. The molecule has 0 bridgehead atoms. The number of ether oxygens (including phenoxy) is 1. The summed E-state index contributed by atoms with van der Waals surface area (Å²) in [6, 6.07) is 4.01. The van der Waals surface area contributed by atoms with E-state index in [-0.39, 0.29) is 11.6 Å². The fourth-order valence-electron chi connectivity index (χ4n) is 2.57. The fourth-order valence-corrected chi connectivity index (χ4v) is 2.57. The van der Waals surface area contributed by atoms with Gasteiger partial charge in [0.1, 0.15) is 5.69 Å². The first kappa shape index (κ1) is 12.2. The van der Waals surface area contributed by atoms with E-state index in [0.29, 0.717) is 11.8 Å². The number of nitrogens with one attached hydrogen (secondary N) is 1. The van der Waals surface area contributed by atoms with Gasteiger partial charge in [0.25, 0.3) is 5.56 Å². The lowest BCUT2D eigenvalue weighted by Crippen LogP contribution is -2.31. The molecule has 0 amide bonds. The van der Waals surface area contributed by atoms with Crippen molar-refractivity contribution in [2.75, 3.05) is 19.5 Å². The van der Waals surface area contributed by atoms with Crippen LogP contribution in [0.15, 0.2) is 23.1 Å². The Morgan fingerprint density at radius 1 is 1.47 bits per heavy atom. The van der Waals surface area contributed by atoms with Crippen LogP contribution in [0.5, 0.6) is 0 Å². The van der Waals surface area contributed by atoms with Crippen LogP contribution in [0.2, 0.25) is 0 Å². The molecule has 4 heteroatoms. The number of rotatable bonds is 3. The van der Waals surface area contributed by atoms with E-state index >= 15 is 0 Å². The number of nitrogens with zero attached hydrogens (tertiary/aromatic N) is 1. The molecule has 0 aliphatic heterocycles. The predicted molar refractivity (Wildman–Crippen MR) is 68.6 cm³/mol. The molecule has 0 unspecified atom stereocenters. The average molecular weight is 236 g/mol. The van der Waals surface area contributed by atoms with Crippen LogP contribution in [0.3, 0.4) is 0 Å². The number of pyridine rings is 1. The van der Waals surface area contributed by atoms with Gasteiger partial charge >= 0.3 is 0 Å². The second-order valence-corrected chi connectivity index (χ2v) is 4.56. The Balaban J connectivity index is 2.24. The summed E-state index contributed by atoms with van der Waals surface area (Å²) in [6.45, 7) is 0. The highest BCUT2D eigenvalue weighted by molar-refractivity contribution is 5.39. The molecule has 1 saturated carbocycles. The summed E-state index contributed by atoms with van der Waals surface area (Å²) >= 11 is 0. The van der Waals surface area contributed by atoms with Gasteiger partial charge in [-0.2, -0.15) is 0 Å². The van der Waals surface area contributed by atoms with E-state index in [0.717, 1.165) is 25.7 Å². The minimum Gasteiger partial charge on any atom is -0.384 e. The monoisotopic (exact) mass is 236 g/mol. The van der Waals surface area contributed by atoms with Crippen molar-refractivity contribution in [2.45, 2.75) is 37.8 Å². The lowest BCUT2D eigenvalue weighted by molar-refractivity contribution is 0.0525. The van der Waals surface area contributed by atoms with Crippen molar-refractivity contribution in [3.63, 3.8) is 0 Å². The number of hydrogen-bond acceptors (Lipinski definition) is 3. The number of anilines is 1. The molecular weight excluding hydrogens is 216 g/mol. The molecule has 1 aliphatic rings. The first-order valence-corrected chi connectivity index (χ1v) is 6.18. The maximum atomic E-state index is 12.2. The largest absolute Gasteiger partial charge is 0.384 e. The van der Waals surface area contributed by atoms with Crippen LogP contribution in [0.1, 0.15) is 31.7 Å². The van der Waals surface area contributed by atoms with Crippen molar-refractivity contribution >= 4 is 5.69 Å². The molecule has 2 rings (SSSR count). The van der Waals surface area contributed by atoms with E-state index in [2.05, 4.69) is 5.32 Å². The molecular formula is C13H20N2O2. The highest BCUT2D eigenvalue weighted by Crippen LogP contribution is 2.29. The van der Waals surface area contributed by atoms with Gasteiger partial charge in [0.05, 0.1) is 6.10 Å². The minimum atomic E-state index is 0.0664. The second-order valence-electron chi connectivity index (χ2n) is 4.56. The van der Waals surface area contributed by atoms with E-state index in [9.17, 15) is 4.79 Å². The summed E-state index contributed by atoms with van der Waals surface area (Å²) in [4.78, 5) is 12.2. The van der Waals surface area contributed by atoms with Gasteiger partial charge < -0.3 is 14.6 Å². The van der Waals surface area contributed by atoms with Gasteiger partial charge in [0, 0.05) is 26.4 Å². The maximum absolute atomic E-state index is 12.2. The summed E-state index contributed by atoms with van der Waals surface area (Å²) in [6.07, 6.45) is 6.40. The zero-order valence-electron chi connectivity index (χ0n) is 10.5. The molecule has 0 aromatic carbocycles. The third kappa shape index (κ3) is 2.52.